The average molecular weight is 418 g/mol. The van der Waals surface area contributed by atoms with Gasteiger partial charge in [0.25, 0.3) is 5.91 Å². The van der Waals surface area contributed by atoms with E-state index < -0.39 is 0 Å². The van der Waals surface area contributed by atoms with Crippen LogP contribution in [0.15, 0.2) is 58.7 Å². The lowest BCUT2D eigenvalue weighted by Crippen LogP contribution is -2.36. The van der Waals surface area contributed by atoms with Crippen LogP contribution in [0.4, 0.5) is 5.69 Å². The molecule has 2 aromatic rings. The van der Waals surface area contributed by atoms with Crippen LogP contribution in [0.5, 0.6) is 5.75 Å². The van der Waals surface area contributed by atoms with Crippen LogP contribution in [-0.2, 0) is 4.79 Å². The lowest BCUT2D eigenvalue weighted by atomic mass is 10.2. The fourth-order valence-corrected chi connectivity index (χ4v) is 2.65. The van der Waals surface area contributed by atoms with Crippen LogP contribution < -0.4 is 20.9 Å². The number of aryl methyl sites for hydroxylation is 1. The highest BCUT2D eigenvalue weighted by atomic mass is 79.9. The maximum atomic E-state index is 12.2. The molecule has 0 bridgehead atoms. The zero-order chi connectivity index (χ0) is 19.1. The molecule has 0 radical (unpaired) electrons. The van der Waals surface area contributed by atoms with Gasteiger partial charge in [0.15, 0.2) is 0 Å². The van der Waals surface area contributed by atoms with Crippen molar-refractivity contribution in [3.8, 4) is 5.75 Å². The first-order valence-electron chi connectivity index (χ1n) is 7.85. The van der Waals surface area contributed by atoms with E-state index in [4.69, 9.17) is 4.74 Å². The van der Waals surface area contributed by atoms with E-state index in [-0.39, 0.29) is 11.8 Å². The highest BCUT2D eigenvalue weighted by Crippen LogP contribution is 2.25. The fraction of sp³-hybridized carbons (Fsp3) is 0.158. The summed E-state index contributed by atoms with van der Waals surface area (Å²) in [6.07, 6.45) is 1.35. The van der Waals surface area contributed by atoms with E-state index in [2.05, 4.69) is 32.1 Å². The predicted molar refractivity (Wildman–Crippen MR) is 105 cm³/mol. The van der Waals surface area contributed by atoms with Crippen LogP contribution in [0.3, 0.4) is 0 Å². The molecule has 0 heterocycles. The van der Waals surface area contributed by atoms with Gasteiger partial charge in [-0.15, -0.1) is 0 Å². The number of nitrogens with one attached hydrogen (secondary N) is 3. The monoisotopic (exact) mass is 417 g/mol. The highest BCUT2D eigenvalue weighted by molar-refractivity contribution is 9.10. The minimum Gasteiger partial charge on any atom is -0.495 e. The van der Waals surface area contributed by atoms with Gasteiger partial charge in [0.05, 0.1) is 18.4 Å². The Hall–Kier alpha value is -2.80. The number of allylic oxidation sites excluding steroid dienone is 1. The molecule has 26 heavy (non-hydrogen) atoms. The second kappa shape index (κ2) is 9.05. The number of rotatable bonds is 6. The first-order valence-corrected chi connectivity index (χ1v) is 8.65. The Labute approximate surface area is 160 Å². The summed E-state index contributed by atoms with van der Waals surface area (Å²) in [5.74, 6) is -0.0785. The van der Waals surface area contributed by atoms with E-state index in [9.17, 15) is 9.59 Å². The molecular weight excluding hydrogens is 398 g/mol. The van der Waals surface area contributed by atoms with Crippen molar-refractivity contribution in [1.29, 1.82) is 0 Å². The number of hydrazine groups is 1. The van der Waals surface area contributed by atoms with Crippen molar-refractivity contribution in [3.63, 3.8) is 0 Å². The molecule has 0 aliphatic rings. The minimum atomic E-state index is -0.339. The molecule has 0 atom stereocenters. The molecule has 2 rings (SSSR count). The Morgan fingerprint density at radius 3 is 2.54 bits per heavy atom. The highest BCUT2D eigenvalue weighted by Gasteiger charge is 2.09. The molecule has 0 aliphatic carbocycles. The summed E-state index contributed by atoms with van der Waals surface area (Å²) in [6, 6.07) is 12.6. The summed E-state index contributed by atoms with van der Waals surface area (Å²) in [7, 11) is 1.54. The number of amides is 2. The lowest BCUT2D eigenvalue weighted by Gasteiger charge is -2.11. The minimum absolute atomic E-state index is 0.314. The number of carbonyl (C=O) groups is 2. The Morgan fingerprint density at radius 2 is 1.85 bits per heavy atom. The van der Waals surface area contributed by atoms with Crippen LogP contribution >= 0.6 is 15.9 Å². The van der Waals surface area contributed by atoms with Crippen molar-refractivity contribution in [2.75, 3.05) is 12.4 Å². The van der Waals surface area contributed by atoms with Crippen molar-refractivity contribution >= 4 is 33.4 Å². The molecule has 6 nitrogen and oxygen atoms in total. The van der Waals surface area contributed by atoms with Gasteiger partial charge in [0, 0.05) is 16.2 Å². The molecular formula is C19H20BrN3O3. The van der Waals surface area contributed by atoms with Gasteiger partial charge in [-0.3, -0.25) is 15.0 Å². The van der Waals surface area contributed by atoms with Crippen molar-refractivity contribution < 1.29 is 14.3 Å². The van der Waals surface area contributed by atoms with Gasteiger partial charge in [-0.05, 0) is 59.6 Å². The third kappa shape index (κ3) is 5.35. The second-order valence-corrected chi connectivity index (χ2v) is 6.43. The SMILES string of the molecule is COc1ccc(C)cc1NC(=O)C=C(C)NNC(=O)c1ccccc1Br. The molecule has 0 unspecified atom stereocenters. The summed E-state index contributed by atoms with van der Waals surface area (Å²) in [6.45, 7) is 3.60. The third-order valence-corrected chi connectivity index (χ3v) is 4.14. The number of methoxy groups -OCH3 is 1. The number of hydrogen-bond acceptors (Lipinski definition) is 4. The molecule has 0 saturated carbocycles. The molecule has 0 fully saturated rings. The molecule has 0 spiro atoms. The Kier molecular flexibility index (Phi) is 6.80. The topological polar surface area (TPSA) is 79.5 Å². The van der Waals surface area contributed by atoms with E-state index in [0.717, 1.165) is 5.56 Å². The molecule has 0 saturated heterocycles. The van der Waals surface area contributed by atoms with Crippen molar-refractivity contribution in [3.05, 3.63) is 69.8 Å². The fourth-order valence-electron chi connectivity index (χ4n) is 2.19. The molecule has 0 aliphatic heterocycles. The van der Waals surface area contributed by atoms with Gasteiger partial charge in [-0.2, -0.15) is 0 Å². The maximum absolute atomic E-state index is 12.2. The smallest absolute Gasteiger partial charge is 0.270 e. The normalized spacial score (nSPS) is 10.8. The average Bonchev–Trinajstić information content (AvgIpc) is 2.60. The number of ether oxygens (including phenoxy) is 1. The van der Waals surface area contributed by atoms with Crippen LogP contribution in [0.25, 0.3) is 0 Å². The quantitative estimate of drug-likeness (QED) is 0.495. The third-order valence-electron chi connectivity index (χ3n) is 3.45. The van der Waals surface area contributed by atoms with Gasteiger partial charge in [-0.1, -0.05) is 18.2 Å². The summed E-state index contributed by atoms with van der Waals surface area (Å²) in [5, 5.41) is 2.76. The summed E-state index contributed by atoms with van der Waals surface area (Å²) < 4.78 is 5.92. The zero-order valence-electron chi connectivity index (χ0n) is 14.7. The summed E-state index contributed by atoms with van der Waals surface area (Å²) in [5.41, 5.74) is 7.81. The lowest BCUT2D eigenvalue weighted by molar-refractivity contribution is -0.112. The van der Waals surface area contributed by atoms with Crippen LogP contribution in [-0.4, -0.2) is 18.9 Å². The number of halogens is 1. The number of benzene rings is 2. The van der Waals surface area contributed by atoms with Crippen LogP contribution in [0, 0.1) is 6.92 Å². The number of hydrogen-bond donors (Lipinski definition) is 3. The van der Waals surface area contributed by atoms with Gasteiger partial charge in [0.2, 0.25) is 5.91 Å². The summed E-state index contributed by atoms with van der Waals surface area (Å²) >= 11 is 3.32. The van der Waals surface area contributed by atoms with Gasteiger partial charge >= 0.3 is 0 Å². The molecule has 136 valence electrons. The Bertz CT molecular complexity index is 850. The van der Waals surface area contributed by atoms with Crippen LogP contribution in [0.2, 0.25) is 0 Å². The predicted octanol–water partition coefficient (Wildman–Crippen LogP) is 3.54. The number of anilines is 1. The van der Waals surface area contributed by atoms with Crippen LogP contribution in [0.1, 0.15) is 22.8 Å². The standard InChI is InChI=1S/C19H20BrN3O3/c1-12-8-9-17(26-3)16(10-12)21-18(24)11-13(2)22-23-19(25)14-6-4-5-7-15(14)20/h4-11,22H,1-3H3,(H,21,24)(H,23,25). The molecule has 2 aromatic carbocycles. The first-order chi connectivity index (χ1) is 12.4. The number of carbonyl (C=O) groups excluding carboxylic acids is 2. The second-order valence-electron chi connectivity index (χ2n) is 5.58. The molecule has 2 amide bonds. The van der Waals surface area contributed by atoms with E-state index in [1.165, 1.54) is 6.08 Å². The zero-order valence-corrected chi connectivity index (χ0v) is 16.3. The van der Waals surface area contributed by atoms with Gasteiger partial charge in [-0.25, -0.2) is 0 Å². The Balaban J connectivity index is 1.97. The molecule has 0 aromatic heterocycles. The van der Waals surface area contributed by atoms with E-state index in [1.807, 2.05) is 25.1 Å². The largest absolute Gasteiger partial charge is 0.495 e. The van der Waals surface area contributed by atoms with Crippen molar-refractivity contribution in [2.24, 2.45) is 0 Å². The Morgan fingerprint density at radius 1 is 1.12 bits per heavy atom. The van der Waals surface area contributed by atoms with Gasteiger partial charge < -0.3 is 15.5 Å². The van der Waals surface area contributed by atoms with E-state index >= 15 is 0 Å². The van der Waals surface area contributed by atoms with Crippen molar-refractivity contribution in [1.82, 2.24) is 10.9 Å². The van der Waals surface area contributed by atoms with Gasteiger partial charge in [0.1, 0.15) is 5.75 Å². The van der Waals surface area contributed by atoms with E-state index in [1.54, 1.807) is 38.3 Å². The first kappa shape index (κ1) is 19.5. The molecule has 7 heteroatoms. The summed E-state index contributed by atoms with van der Waals surface area (Å²) in [4.78, 5) is 24.3. The molecule has 3 N–H and O–H groups in total. The maximum Gasteiger partial charge on any atom is 0.270 e. The van der Waals surface area contributed by atoms with Crippen molar-refractivity contribution in [2.45, 2.75) is 13.8 Å². The van der Waals surface area contributed by atoms with E-state index in [0.29, 0.717) is 27.2 Å².